The van der Waals surface area contributed by atoms with Crippen LogP contribution in [0.15, 0.2) is 11.6 Å². The van der Waals surface area contributed by atoms with E-state index in [9.17, 15) is 0 Å². The van der Waals surface area contributed by atoms with Gasteiger partial charge in [0.15, 0.2) is 0 Å². The summed E-state index contributed by atoms with van der Waals surface area (Å²) in [6, 6.07) is 2.47. The predicted molar refractivity (Wildman–Crippen MR) is 65.4 cm³/mol. The van der Waals surface area contributed by atoms with Crippen LogP contribution in [0, 0.1) is 6.92 Å². The molecule has 3 rings (SSSR count). The van der Waals surface area contributed by atoms with Gasteiger partial charge in [-0.15, -0.1) is 0 Å². The molecule has 2 aliphatic carbocycles. The summed E-state index contributed by atoms with van der Waals surface area (Å²) in [6.07, 6.45) is 6.36. The zero-order valence-electron chi connectivity index (χ0n) is 9.85. The third-order valence-corrected chi connectivity index (χ3v) is 4.28. The third kappa shape index (κ3) is 1.28. The zero-order valence-corrected chi connectivity index (χ0v) is 9.85. The van der Waals surface area contributed by atoms with Gasteiger partial charge in [-0.05, 0) is 0 Å². The number of allylic oxidation sites excluding steroid dienone is 1. The second-order valence-corrected chi connectivity index (χ2v) is 5.11. The quantitative estimate of drug-likeness (QED) is 0.551. The first-order valence-corrected chi connectivity index (χ1v) is 6.02. The van der Waals surface area contributed by atoms with Gasteiger partial charge in [-0.3, -0.25) is 0 Å². The van der Waals surface area contributed by atoms with Crippen molar-refractivity contribution in [2.45, 2.75) is 37.7 Å². The van der Waals surface area contributed by atoms with E-state index in [0.717, 1.165) is 0 Å². The fourth-order valence-corrected chi connectivity index (χ4v) is 3.15. The molecular formula is C14H15Li. The molecule has 0 aliphatic heterocycles. The molecule has 0 saturated carbocycles. The third-order valence-electron chi connectivity index (χ3n) is 4.28. The molecule has 1 aromatic rings. The van der Waals surface area contributed by atoms with Crippen molar-refractivity contribution in [3.05, 3.63) is 39.5 Å². The SMILES string of the molecule is [Li][CH]1C(C)=Cc2c1cc1c(c2C)CCC1. The zero-order chi connectivity index (χ0) is 10.6. The molecule has 0 radical (unpaired) electrons. The van der Waals surface area contributed by atoms with E-state index in [2.05, 4.69) is 43.7 Å². The molecular weight excluding hydrogens is 175 g/mol. The first kappa shape index (κ1) is 9.76. The van der Waals surface area contributed by atoms with Crippen molar-refractivity contribution in [3.63, 3.8) is 0 Å². The van der Waals surface area contributed by atoms with Gasteiger partial charge in [0.05, 0.1) is 0 Å². The Hall–Kier alpha value is -0.443. The Balaban J connectivity index is 2.27. The molecule has 15 heavy (non-hydrogen) atoms. The number of benzene rings is 1. The van der Waals surface area contributed by atoms with E-state index in [1.165, 1.54) is 30.4 Å². The fraction of sp³-hybridized carbons (Fsp3) is 0.429. The van der Waals surface area contributed by atoms with E-state index in [-0.39, 0.29) is 0 Å². The van der Waals surface area contributed by atoms with E-state index < -0.39 is 0 Å². The molecule has 0 amide bonds. The van der Waals surface area contributed by atoms with Crippen LogP contribution < -0.4 is 0 Å². The monoisotopic (exact) mass is 190 g/mol. The van der Waals surface area contributed by atoms with Crippen molar-refractivity contribution in [2.75, 3.05) is 0 Å². The Bertz CT molecular complexity index is 469. The van der Waals surface area contributed by atoms with E-state index in [1.54, 1.807) is 22.3 Å². The molecule has 0 heterocycles. The van der Waals surface area contributed by atoms with E-state index in [0.29, 0.717) is 4.59 Å². The average Bonchev–Trinajstić information content (AvgIpc) is 2.77. The first-order chi connectivity index (χ1) is 7.18. The molecule has 1 atom stereocenters. The van der Waals surface area contributed by atoms with Crippen LogP contribution in [-0.4, -0.2) is 17.7 Å². The fourth-order valence-electron chi connectivity index (χ4n) is 3.15. The van der Waals surface area contributed by atoms with Gasteiger partial charge in [-0.2, -0.15) is 0 Å². The van der Waals surface area contributed by atoms with Crippen LogP contribution in [0.1, 0.15) is 45.8 Å². The number of hydrogen-bond donors (Lipinski definition) is 0. The van der Waals surface area contributed by atoms with Crippen LogP contribution in [0.25, 0.3) is 6.08 Å². The molecule has 0 nitrogen and oxygen atoms in total. The van der Waals surface area contributed by atoms with Crippen molar-refractivity contribution in [1.82, 2.24) is 0 Å². The second-order valence-electron chi connectivity index (χ2n) is 5.11. The van der Waals surface area contributed by atoms with Gasteiger partial charge in [-0.25, -0.2) is 0 Å². The summed E-state index contributed by atoms with van der Waals surface area (Å²) in [5, 5.41) is 0. The molecule has 2 aliphatic rings. The van der Waals surface area contributed by atoms with Crippen molar-refractivity contribution >= 4 is 23.8 Å². The van der Waals surface area contributed by atoms with Crippen molar-refractivity contribution in [3.8, 4) is 0 Å². The topological polar surface area (TPSA) is 0 Å². The van der Waals surface area contributed by atoms with Crippen molar-refractivity contribution < 1.29 is 0 Å². The second kappa shape index (κ2) is 3.27. The summed E-state index contributed by atoms with van der Waals surface area (Å²) in [6.45, 7) is 4.57. The normalized spacial score (nSPS) is 22.7. The molecule has 1 unspecified atom stereocenters. The van der Waals surface area contributed by atoms with Crippen LogP contribution in [0.3, 0.4) is 0 Å². The van der Waals surface area contributed by atoms with Gasteiger partial charge in [-0.1, -0.05) is 0 Å². The summed E-state index contributed by atoms with van der Waals surface area (Å²) < 4.78 is 0.643. The number of fused-ring (bicyclic) bond motifs is 2. The first-order valence-electron chi connectivity index (χ1n) is 6.02. The Morgan fingerprint density at radius 1 is 1.27 bits per heavy atom. The maximum absolute atomic E-state index is 2.47. The summed E-state index contributed by atoms with van der Waals surface area (Å²) in [4.78, 5) is 0. The van der Waals surface area contributed by atoms with Gasteiger partial charge >= 0.3 is 101 Å². The van der Waals surface area contributed by atoms with Crippen LogP contribution in [0.2, 0.25) is 0 Å². The van der Waals surface area contributed by atoms with Gasteiger partial charge in [0, 0.05) is 0 Å². The molecule has 1 aromatic carbocycles. The van der Waals surface area contributed by atoms with Gasteiger partial charge in [0.1, 0.15) is 0 Å². The predicted octanol–water partition coefficient (Wildman–Crippen LogP) is 3.11. The molecule has 0 saturated heterocycles. The molecule has 1 heteroatoms. The number of hydrogen-bond acceptors (Lipinski definition) is 0. The molecule has 0 fully saturated rings. The van der Waals surface area contributed by atoms with E-state index in [4.69, 9.17) is 0 Å². The Morgan fingerprint density at radius 3 is 2.87 bits per heavy atom. The van der Waals surface area contributed by atoms with Crippen LogP contribution >= 0.6 is 0 Å². The van der Waals surface area contributed by atoms with Crippen LogP contribution in [0.4, 0.5) is 0 Å². The van der Waals surface area contributed by atoms with Crippen LogP contribution in [0.5, 0.6) is 0 Å². The van der Waals surface area contributed by atoms with E-state index in [1.807, 2.05) is 0 Å². The molecule has 72 valence electrons. The van der Waals surface area contributed by atoms with Crippen LogP contribution in [-0.2, 0) is 12.8 Å². The molecule has 0 aromatic heterocycles. The number of aryl methyl sites for hydroxylation is 1. The van der Waals surface area contributed by atoms with Crippen molar-refractivity contribution in [1.29, 1.82) is 0 Å². The maximum atomic E-state index is 2.47. The Kier molecular flexibility index (Phi) is 2.13. The number of rotatable bonds is 0. The van der Waals surface area contributed by atoms with Crippen molar-refractivity contribution in [2.24, 2.45) is 0 Å². The summed E-state index contributed by atoms with van der Waals surface area (Å²) in [5.74, 6) is 0. The Morgan fingerprint density at radius 2 is 2.07 bits per heavy atom. The Labute approximate surface area is 101 Å². The molecule has 0 spiro atoms. The average molecular weight is 190 g/mol. The summed E-state index contributed by atoms with van der Waals surface area (Å²) >= 11 is 2.33. The summed E-state index contributed by atoms with van der Waals surface area (Å²) in [5.41, 5.74) is 9.46. The molecule has 0 bridgehead atoms. The standard InChI is InChI=1S/C14H15.Li/c1-9-6-12-8-11-4-3-5-13(11)10(2)14(12)7-9;/h6-8H,3-5H2,1-2H3;. The van der Waals surface area contributed by atoms with Gasteiger partial charge in [0.25, 0.3) is 0 Å². The summed E-state index contributed by atoms with van der Waals surface area (Å²) in [7, 11) is 0. The van der Waals surface area contributed by atoms with E-state index >= 15 is 0 Å². The minimum absolute atomic E-state index is 0.643. The molecule has 0 N–H and O–H groups in total. The van der Waals surface area contributed by atoms with Gasteiger partial charge in [0.2, 0.25) is 0 Å². The van der Waals surface area contributed by atoms with Gasteiger partial charge < -0.3 is 0 Å². The minimum atomic E-state index is 0.643.